The Bertz CT molecular complexity index is 2760. The van der Waals surface area contributed by atoms with Gasteiger partial charge >= 0.3 is 0 Å². The smallest absolute Gasteiger partial charge is 0.246 e. The van der Waals surface area contributed by atoms with Crippen LogP contribution in [-0.2, 0) is 16.1 Å². The third-order valence-electron chi connectivity index (χ3n) is 17.7. The number of aromatic nitrogens is 6. The van der Waals surface area contributed by atoms with Gasteiger partial charge in [-0.05, 0) is 90.6 Å². The van der Waals surface area contributed by atoms with Gasteiger partial charge in [0.15, 0.2) is 0 Å². The minimum Gasteiger partial charge on any atom is -0.367 e. The minimum atomic E-state index is -0.539. The number of hydrogen-bond acceptors (Lipinski definition) is 16. The molecular formula is C55H72N16O2. The van der Waals surface area contributed by atoms with Gasteiger partial charge in [0.25, 0.3) is 0 Å². The van der Waals surface area contributed by atoms with Crippen molar-refractivity contribution in [3.8, 4) is 0 Å². The van der Waals surface area contributed by atoms with E-state index in [2.05, 4.69) is 110 Å². The molecule has 0 bridgehead atoms. The standard InChI is InChI=1S/C55H72N16O2/c1-35(2)68-24-22-67(23-25-68)32-38-11-17-45(56-27-38)62-53-63-47(42-14-16-44-51(73)59-33-54(19-7-6-8-20-54)71(44)49(42)65-53)39-10-9-21-55(26-39)34-60-50(72)43-15-12-40-28-58-52(64-48(40)70(43)55)61-46-18-13-41(29-57-46)69-30-36(3)66(5)37(4)31-69/h11-18,27-29,35-37,39,43-44H,6-10,19-26,30-34H2,1-5H3,(H,59,73)(H,60,72)(H,56,62,63,65)(H,57,58,61,64). The van der Waals surface area contributed by atoms with Crippen molar-refractivity contribution in [3.05, 3.63) is 77.4 Å². The first-order chi connectivity index (χ1) is 35.4. The van der Waals surface area contributed by atoms with Crippen LogP contribution in [0, 0.1) is 0 Å². The van der Waals surface area contributed by atoms with Crippen LogP contribution in [0.3, 0.4) is 0 Å². The van der Waals surface area contributed by atoms with Crippen molar-refractivity contribution in [2.45, 2.75) is 139 Å². The fourth-order valence-electron chi connectivity index (χ4n) is 13.4. The summed E-state index contributed by atoms with van der Waals surface area (Å²) in [5.41, 5.74) is 4.34. The molecule has 2 saturated carbocycles. The minimum absolute atomic E-state index is 0.00176. The summed E-state index contributed by atoms with van der Waals surface area (Å²) in [4.78, 5) is 72.8. The fourth-order valence-corrected chi connectivity index (χ4v) is 13.4. The van der Waals surface area contributed by atoms with Crippen LogP contribution >= 0.6 is 0 Å². The van der Waals surface area contributed by atoms with Gasteiger partial charge in [0.05, 0.1) is 28.7 Å². The van der Waals surface area contributed by atoms with Gasteiger partial charge < -0.3 is 36.0 Å². The van der Waals surface area contributed by atoms with Gasteiger partial charge in [-0.2, -0.15) is 9.97 Å². The number of nitrogens with zero attached hydrogens (tertiary/aromatic N) is 12. The maximum atomic E-state index is 13.9. The number of nitrogens with one attached hydrogen (secondary N) is 4. The fraction of sp³-hybridized carbons (Fsp3) is 0.564. The normalized spacial score (nSPS) is 28.1. The highest BCUT2D eigenvalue weighted by atomic mass is 16.2. The molecule has 2 aliphatic carbocycles. The molecule has 2 amide bonds. The van der Waals surface area contributed by atoms with E-state index in [-0.39, 0.29) is 23.3 Å². The monoisotopic (exact) mass is 989 g/mol. The molecule has 0 radical (unpaired) electrons. The van der Waals surface area contributed by atoms with Crippen molar-refractivity contribution in [2.75, 3.05) is 84.7 Å². The van der Waals surface area contributed by atoms with E-state index < -0.39 is 17.6 Å². The zero-order valence-electron chi connectivity index (χ0n) is 43.2. The second-order valence-corrected chi connectivity index (χ2v) is 22.6. The van der Waals surface area contributed by atoms with E-state index in [0.717, 1.165) is 131 Å². The number of likely N-dealkylation sites (N-methyl/N-ethyl adjacent to an activating group) is 1. The molecule has 4 saturated heterocycles. The Morgan fingerprint density at radius 3 is 2.07 bits per heavy atom. The van der Waals surface area contributed by atoms with Crippen LogP contribution in [0.1, 0.15) is 114 Å². The van der Waals surface area contributed by atoms with Gasteiger partial charge in [-0.15, -0.1) is 0 Å². The number of hydrogen-bond donors (Lipinski definition) is 4. The summed E-state index contributed by atoms with van der Waals surface area (Å²) in [6.45, 7) is 17.1. The number of anilines is 7. The number of carbonyl (C=O) groups excluding carboxylic acids is 2. The summed E-state index contributed by atoms with van der Waals surface area (Å²) in [6, 6.07) is 8.75. The highest BCUT2D eigenvalue weighted by Gasteiger charge is 2.53. The quantitative estimate of drug-likeness (QED) is 0.152. The maximum Gasteiger partial charge on any atom is 0.246 e. The Hall–Kier alpha value is -6.24. The van der Waals surface area contributed by atoms with Gasteiger partial charge in [0.2, 0.25) is 23.7 Å². The van der Waals surface area contributed by atoms with Gasteiger partial charge in [-0.25, -0.2) is 19.9 Å². The van der Waals surface area contributed by atoms with Crippen LogP contribution in [-0.4, -0.2) is 157 Å². The number of rotatable bonds is 9. The molecular weight excluding hydrogens is 917 g/mol. The topological polar surface area (TPSA) is 179 Å². The number of piperazine rings is 4. The van der Waals surface area contributed by atoms with E-state index in [1.165, 1.54) is 12.0 Å². The van der Waals surface area contributed by atoms with Crippen LogP contribution < -0.4 is 36.0 Å². The lowest BCUT2D eigenvalue weighted by atomic mass is 9.70. The molecule has 73 heavy (non-hydrogen) atoms. The van der Waals surface area contributed by atoms with E-state index in [1.807, 2.05) is 42.9 Å². The molecule has 4 aromatic heterocycles. The third kappa shape index (κ3) is 8.96. The molecule has 6 unspecified atom stereocenters. The van der Waals surface area contributed by atoms with Crippen molar-refractivity contribution >= 4 is 64.8 Å². The molecule has 4 N–H and O–H groups in total. The summed E-state index contributed by atoms with van der Waals surface area (Å²) < 4.78 is 0. The van der Waals surface area contributed by atoms with Crippen molar-refractivity contribution in [3.63, 3.8) is 0 Å². The Balaban J connectivity index is 0.855. The first-order valence-electron chi connectivity index (χ1n) is 27.1. The molecule has 384 valence electrons. The first-order valence-corrected chi connectivity index (χ1v) is 27.1. The largest absolute Gasteiger partial charge is 0.367 e. The van der Waals surface area contributed by atoms with E-state index >= 15 is 0 Å². The molecule has 18 nitrogen and oxygen atoms in total. The number of carbonyl (C=O) groups is 2. The highest BCUT2D eigenvalue weighted by molar-refractivity contribution is 5.94. The van der Waals surface area contributed by atoms with Gasteiger partial charge in [0, 0.05) is 106 Å². The number of pyridine rings is 2. The zero-order chi connectivity index (χ0) is 50.0. The Kier molecular flexibility index (Phi) is 12.6. The van der Waals surface area contributed by atoms with Crippen molar-refractivity contribution in [2.24, 2.45) is 0 Å². The van der Waals surface area contributed by atoms with Crippen LogP contribution in [0.2, 0.25) is 0 Å². The predicted octanol–water partition coefficient (Wildman–Crippen LogP) is 6.06. The lowest BCUT2D eigenvalue weighted by molar-refractivity contribution is -0.124. The molecule has 6 fully saturated rings. The zero-order valence-corrected chi connectivity index (χ0v) is 43.2. The Morgan fingerprint density at radius 1 is 0.712 bits per heavy atom. The van der Waals surface area contributed by atoms with Crippen LogP contribution in [0.25, 0.3) is 12.2 Å². The maximum absolute atomic E-state index is 13.9. The van der Waals surface area contributed by atoms with E-state index in [9.17, 15) is 9.59 Å². The average Bonchev–Trinajstić information content (AvgIpc) is 3.41. The SMILES string of the molecule is CC(C)N1CCN(Cc2ccc(Nc3nc(C4CCCC5(CNC(=O)C6C=Cc7cnc(Nc8ccc(N9CC(C)N(C)C(C)C9)cn8)nc7N65)C4)c4c(n3)N3C(C=C4)C(=O)NCC34CCCCC4)nc2)CC1. The molecule has 4 aromatic rings. The lowest BCUT2D eigenvalue weighted by Crippen LogP contribution is -2.69. The molecule has 2 spiro atoms. The lowest BCUT2D eigenvalue weighted by Gasteiger charge is -2.55. The molecule has 6 atom stereocenters. The Labute approximate surface area is 429 Å². The first kappa shape index (κ1) is 47.7. The third-order valence-corrected chi connectivity index (χ3v) is 17.7. The molecule has 12 rings (SSSR count). The molecule has 8 aliphatic rings. The van der Waals surface area contributed by atoms with Crippen LogP contribution in [0.15, 0.2) is 55.0 Å². The van der Waals surface area contributed by atoms with Crippen molar-refractivity contribution < 1.29 is 9.59 Å². The van der Waals surface area contributed by atoms with Crippen molar-refractivity contribution in [1.82, 2.24) is 55.2 Å². The van der Waals surface area contributed by atoms with Crippen LogP contribution in [0.4, 0.5) is 40.9 Å². The molecule has 0 aromatic carbocycles. The number of amides is 2. The summed E-state index contributed by atoms with van der Waals surface area (Å²) in [5.74, 6) is 3.74. The Morgan fingerprint density at radius 2 is 1.37 bits per heavy atom. The summed E-state index contributed by atoms with van der Waals surface area (Å²) in [5, 5.41) is 13.6. The number of fused-ring (bicyclic) bond motifs is 8. The van der Waals surface area contributed by atoms with E-state index in [0.29, 0.717) is 54.7 Å². The predicted molar refractivity (Wildman–Crippen MR) is 286 cm³/mol. The van der Waals surface area contributed by atoms with Crippen LogP contribution in [0.5, 0.6) is 0 Å². The average molecular weight is 989 g/mol. The summed E-state index contributed by atoms with van der Waals surface area (Å²) in [7, 11) is 2.20. The second-order valence-electron chi connectivity index (χ2n) is 22.6. The molecule has 18 heteroatoms. The van der Waals surface area contributed by atoms with Gasteiger partial charge in [-0.3, -0.25) is 24.3 Å². The summed E-state index contributed by atoms with van der Waals surface area (Å²) >= 11 is 0. The molecule has 10 heterocycles. The van der Waals surface area contributed by atoms with E-state index in [1.54, 1.807) is 0 Å². The van der Waals surface area contributed by atoms with Crippen molar-refractivity contribution in [1.29, 1.82) is 0 Å². The van der Waals surface area contributed by atoms with Gasteiger partial charge in [-0.1, -0.05) is 56.1 Å². The highest BCUT2D eigenvalue weighted by Crippen LogP contribution is 2.50. The second kappa shape index (κ2) is 19.2. The molecule has 6 aliphatic heterocycles. The van der Waals surface area contributed by atoms with E-state index in [4.69, 9.17) is 29.9 Å². The van der Waals surface area contributed by atoms with Gasteiger partial charge in [0.1, 0.15) is 35.4 Å². The summed E-state index contributed by atoms with van der Waals surface area (Å²) in [6.07, 6.45) is 22.7.